The van der Waals surface area contributed by atoms with Crippen molar-refractivity contribution in [3.8, 4) is 11.3 Å². The highest BCUT2D eigenvalue weighted by Crippen LogP contribution is 2.30. The highest BCUT2D eigenvalue weighted by Gasteiger charge is 2.29. The van der Waals surface area contributed by atoms with Crippen LogP contribution in [0.4, 0.5) is 0 Å². The summed E-state index contributed by atoms with van der Waals surface area (Å²) in [5.41, 5.74) is 3.23. The van der Waals surface area contributed by atoms with E-state index in [-0.39, 0.29) is 6.61 Å². The molecule has 0 spiro atoms. The molecule has 2 heterocycles. The summed E-state index contributed by atoms with van der Waals surface area (Å²) in [6.45, 7) is 1.77. The highest BCUT2D eigenvalue weighted by atomic mass is 16.3. The second kappa shape index (κ2) is 5.73. The maximum atomic E-state index is 9.21. The van der Waals surface area contributed by atoms with E-state index in [4.69, 9.17) is 0 Å². The van der Waals surface area contributed by atoms with Gasteiger partial charge in [0.25, 0.3) is 0 Å². The first-order chi connectivity index (χ1) is 9.78. The third kappa shape index (κ3) is 2.89. The first-order valence-electron chi connectivity index (χ1n) is 7.06. The lowest BCUT2D eigenvalue weighted by atomic mass is 10.1. The summed E-state index contributed by atoms with van der Waals surface area (Å²) in [6.07, 6.45) is 8.16. The SMILES string of the molecule is Cn1cc(CN(CCO)C2CC2)c(-c2cccnc2)n1. The summed E-state index contributed by atoms with van der Waals surface area (Å²) in [4.78, 5) is 6.52. The van der Waals surface area contributed by atoms with E-state index in [1.807, 2.05) is 30.1 Å². The van der Waals surface area contributed by atoms with Gasteiger partial charge in [-0.1, -0.05) is 0 Å². The molecule has 0 aromatic carbocycles. The van der Waals surface area contributed by atoms with Gasteiger partial charge in [-0.15, -0.1) is 0 Å². The van der Waals surface area contributed by atoms with Crippen molar-refractivity contribution in [3.63, 3.8) is 0 Å². The van der Waals surface area contributed by atoms with Crippen LogP contribution in [-0.4, -0.2) is 44.0 Å². The van der Waals surface area contributed by atoms with Crippen LogP contribution in [0.2, 0.25) is 0 Å². The Morgan fingerprint density at radius 1 is 1.45 bits per heavy atom. The molecule has 0 amide bonds. The lowest BCUT2D eigenvalue weighted by molar-refractivity contribution is 0.183. The molecule has 5 heteroatoms. The zero-order valence-corrected chi connectivity index (χ0v) is 11.7. The van der Waals surface area contributed by atoms with Gasteiger partial charge in [0.1, 0.15) is 0 Å². The topological polar surface area (TPSA) is 54.2 Å². The number of aromatic nitrogens is 3. The minimum atomic E-state index is 0.207. The third-order valence-corrected chi connectivity index (χ3v) is 3.66. The smallest absolute Gasteiger partial charge is 0.0983 e. The van der Waals surface area contributed by atoms with Gasteiger partial charge in [-0.05, 0) is 25.0 Å². The Bertz CT molecular complexity index is 563. The molecule has 0 aliphatic heterocycles. The van der Waals surface area contributed by atoms with Gasteiger partial charge in [0.05, 0.1) is 12.3 Å². The molecule has 3 rings (SSSR count). The molecule has 0 bridgehead atoms. The molecule has 1 N–H and O–H groups in total. The van der Waals surface area contributed by atoms with Crippen molar-refractivity contribution < 1.29 is 5.11 Å². The van der Waals surface area contributed by atoms with Crippen LogP contribution in [-0.2, 0) is 13.6 Å². The fourth-order valence-electron chi connectivity index (χ4n) is 2.58. The molecule has 2 aromatic heterocycles. The Labute approximate surface area is 118 Å². The molecule has 20 heavy (non-hydrogen) atoms. The zero-order valence-electron chi connectivity index (χ0n) is 11.7. The van der Waals surface area contributed by atoms with Gasteiger partial charge in [-0.3, -0.25) is 14.6 Å². The summed E-state index contributed by atoms with van der Waals surface area (Å²) in [5.74, 6) is 0. The Morgan fingerprint density at radius 3 is 2.95 bits per heavy atom. The number of nitrogens with zero attached hydrogens (tertiary/aromatic N) is 4. The molecule has 1 saturated carbocycles. The average molecular weight is 272 g/mol. The van der Waals surface area contributed by atoms with E-state index in [2.05, 4.69) is 21.2 Å². The predicted octanol–water partition coefficient (Wildman–Crippen LogP) is 1.44. The van der Waals surface area contributed by atoms with Crippen molar-refractivity contribution in [2.45, 2.75) is 25.4 Å². The van der Waals surface area contributed by atoms with Gasteiger partial charge in [0, 0.05) is 55.9 Å². The van der Waals surface area contributed by atoms with Gasteiger partial charge in [0.15, 0.2) is 0 Å². The molecule has 0 unspecified atom stereocenters. The Morgan fingerprint density at radius 2 is 2.30 bits per heavy atom. The minimum absolute atomic E-state index is 0.207. The quantitative estimate of drug-likeness (QED) is 0.864. The van der Waals surface area contributed by atoms with E-state index in [9.17, 15) is 5.11 Å². The van der Waals surface area contributed by atoms with Crippen molar-refractivity contribution in [2.75, 3.05) is 13.2 Å². The standard InChI is InChI=1S/C15H20N4O/c1-18-10-13(11-19(7-8-20)14-4-5-14)15(17-18)12-3-2-6-16-9-12/h2-3,6,9-10,14,20H,4-5,7-8,11H2,1H3. The fourth-order valence-corrected chi connectivity index (χ4v) is 2.58. The minimum Gasteiger partial charge on any atom is -0.395 e. The van der Waals surface area contributed by atoms with E-state index >= 15 is 0 Å². The van der Waals surface area contributed by atoms with Crippen LogP contribution in [0.3, 0.4) is 0 Å². The molecule has 0 radical (unpaired) electrons. The van der Waals surface area contributed by atoms with Gasteiger partial charge in [0.2, 0.25) is 0 Å². The first kappa shape index (κ1) is 13.3. The molecule has 1 aliphatic carbocycles. The van der Waals surface area contributed by atoms with Crippen molar-refractivity contribution in [1.82, 2.24) is 19.7 Å². The number of aliphatic hydroxyl groups excluding tert-OH is 1. The summed E-state index contributed by atoms with van der Waals surface area (Å²) >= 11 is 0. The van der Waals surface area contributed by atoms with E-state index in [1.165, 1.54) is 18.4 Å². The molecule has 1 fully saturated rings. The van der Waals surface area contributed by atoms with E-state index in [1.54, 1.807) is 6.20 Å². The van der Waals surface area contributed by atoms with Crippen LogP contribution in [0.1, 0.15) is 18.4 Å². The van der Waals surface area contributed by atoms with Gasteiger partial charge in [-0.25, -0.2) is 0 Å². The predicted molar refractivity (Wildman–Crippen MR) is 77.0 cm³/mol. The number of rotatable bonds is 6. The Balaban J connectivity index is 1.85. The van der Waals surface area contributed by atoms with Crippen LogP contribution < -0.4 is 0 Å². The van der Waals surface area contributed by atoms with E-state index in [0.717, 1.165) is 24.3 Å². The number of pyridine rings is 1. The van der Waals surface area contributed by atoms with Crippen molar-refractivity contribution in [2.24, 2.45) is 7.05 Å². The second-order valence-corrected chi connectivity index (χ2v) is 5.34. The first-order valence-corrected chi connectivity index (χ1v) is 7.06. The molecule has 1 aliphatic rings. The van der Waals surface area contributed by atoms with E-state index in [0.29, 0.717) is 6.04 Å². The summed E-state index contributed by atoms with van der Waals surface area (Å²) in [6, 6.07) is 4.59. The lowest BCUT2D eigenvalue weighted by Crippen LogP contribution is -2.28. The molecule has 0 saturated heterocycles. The normalized spacial score (nSPS) is 14.9. The molecule has 0 atom stereocenters. The van der Waals surface area contributed by atoms with Gasteiger partial charge >= 0.3 is 0 Å². The van der Waals surface area contributed by atoms with Gasteiger partial charge in [-0.2, -0.15) is 5.10 Å². The van der Waals surface area contributed by atoms with Crippen molar-refractivity contribution >= 4 is 0 Å². The van der Waals surface area contributed by atoms with Crippen LogP contribution in [0.5, 0.6) is 0 Å². The third-order valence-electron chi connectivity index (χ3n) is 3.66. The molecule has 2 aromatic rings. The number of hydrogen-bond donors (Lipinski definition) is 1. The fraction of sp³-hybridized carbons (Fsp3) is 0.467. The number of hydrogen-bond acceptors (Lipinski definition) is 4. The van der Waals surface area contributed by atoms with Crippen molar-refractivity contribution in [3.05, 3.63) is 36.3 Å². The van der Waals surface area contributed by atoms with Crippen LogP contribution in [0, 0.1) is 0 Å². The van der Waals surface area contributed by atoms with E-state index < -0.39 is 0 Å². The highest BCUT2D eigenvalue weighted by molar-refractivity contribution is 5.61. The Hall–Kier alpha value is -1.72. The Kier molecular flexibility index (Phi) is 3.80. The van der Waals surface area contributed by atoms with Crippen LogP contribution in [0.15, 0.2) is 30.7 Å². The number of aryl methyl sites for hydroxylation is 1. The summed E-state index contributed by atoms with van der Waals surface area (Å²) in [5, 5.41) is 13.8. The maximum absolute atomic E-state index is 9.21. The summed E-state index contributed by atoms with van der Waals surface area (Å²) < 4.78 is 1.85. The van der Waals surface area contributed by atoms with Crippen LogP contribution in [0.25, 0.3) is 11.3 Å². The van der Waals surface area contributed by atoms with Gasteiger partial charge < -0.3 is 5.11 Å². The molecular formula is C15H20N4O. The average Bonchev–Trinajstić information content (AvgIpc) is 3.24. The summed E-state index contributed by atoms with van der Waals surface area (Å²) in [7, 11) is 1.94. The number of aliphatic hydroxyl groups is 1. The zero-order chi connectivity index (χ0) is 13.9. The monoisotopic (exact) mass is 272 g/mol. The van der Waals surface area contributed by atoms with Crippen LogP contribution >= 0.6 is 0 Å². The largest absolute Gasteiger partial charge is 0.395 e. The molecule has 106 valence electrons. The maximum Gasteiger partial charge on any atom is 0.0983 e. The van der Waals surface area contributed by atoms with Crippen molar-refractivity contribution in [1.29, 1.82) is 0 Å². The molecular weight excluding hydrogens is 252 g/mol. The molecule has 5 nitrogen and oxygen atoms in total. The second-order valence-electron chi connectivity index (χ2n) is 5.34. The lowest BCUT2D eigenvalue weighted by Gasteiger charge is -2.20.